The molecule has 1 aliphatic carbocycles. The minimum Gasteiger partial charge on any atom is -0.375 e. The Kier molecular flexibility index (Phi) is 2.67. The Bertz CT molecular complexity index is 224. The number of allylic oxidation sites excluding steroid dienone is 2. The Balaban J connectivity index is 1.98. The Hall–Kier alpha value is -0.790. The average Bonchev–Trinajstić information content (AvgIpc) is 2.43. The zero-order valence-corrected chi connectivity index (χ0v) is 8.09. The summed E-state index contributed by atoms with van der Waals surface area (Å²) >= 11 is 0. The fourth-order valence-corrected chi connectivity index (χ4v) is 2.19. The molecule has 0 N–H and O–H groups in total. The number of carbonyl (C=O) groups is 1. The van der Waals surface area contributed by atoms with E-state index in [0.29, 0.717) is 5.78 Å². The van der Waals surface area contributed by atoms with Crippen molar-refractivity contribution in [2.75, 3.05) is 13.1 Å². The minimum absolute atomic E-state index is 0.319. The number of ketones is 1. The molecule has 0 amide bonds. The van der Waals surface area contributed by atoms with Crippen molar-refractivity contribution in [2.24, 2.45) is 0 Å². The molecule has 1 saturated heterocycles. The van der Waals surface area contributed by atoms with Crippen molar-refractivity contribution in [1.29, 1.82) is 0 Å². The van der Waals surface area contributed by atoms with Crippen LogP contribution in [0.25, 0.3) is 0 Å². The highest BCUT2D eigenvalue weighted by atomic mass is 16.1. The molecule has 2 nitrogen and oxygen atoms in total. The van der Waals surface area contributed by atoms with Crippen LogP contribution < -0.4 is 0 Å². The van der Waals surface area contributed by atoms with Gasteiger partial charge in [0.05, 0.1) is 0 Å². The van der Waals surface area contributed by atoms with Gasteiger partial charge < -0.3 is 4.90 Å². The molecular formula is C11H17NO. The molecule has 1 aliphatic heterocycles. The second kappa shape index (κ2) is 3.95. The van der Waals surface area contributed by atoms with Gasteiger partial charge in [-0.1, -0.05) is 12.8 Å². The zero-order valence-electron chi connectivity index (χ0n) is 8.09. The number of rotatable bonds is 1. The summed E-state index contributed by atoms with van der Waals surface area (Å²) < 4.78 is 0. The van der Waals surface area contributed by atoms with Gasteiger partial charge in [-0.25, -0.2) is 0 Å². The summed E-state index contributed by atoms with van der Waals surface area (Å²) in [5.74, 6) is 0.319. The van der Waals surface area contributed by atoms with Gasteiger partial charge in [-0.15, -0.1) is 0 Å². The molecule has 0 bridgehead atoms. The van der Waals surface area contributed by atoms with E-state index in [-0.39, 0.29) is 0 Å². The molecule has 0 saturated carbocycles. The van der Waals surface area contributed by atoms with Gasteiger partial charge in [-0.05, 0) is 19.3 Å². The molecule has 13 heavy (non-hydrogen) atoms. The molecule has 0 atom stereocenters. The Morgan fingerprint density at radius 2 is 1.69 bits per heavy atom. The standard InChI is InChI=1S/C11H17NO/c13-11-6-5-10(9-11)12-7-3-1-2-4-8-12/h9H,1-8H2. The first-order valence-electron chi connectivity index (χ1n) is 5.34. The van der Waals surface area contributed by atoms with Gasteiger partial charge in [0.15, 0.2) is 5.78 Å². The summed E-state index contributed by atoms with van der Waals surface area (Å²) in [5, 5.41) is 0. The maximum atomic E-state index is 11.1. The lowest BCUT2D eigenvalue weighted by atomic mass is 10.2. The van der Waals surface area contributed by atoms with Crippen LogP contribution in [0.1, 0.15) is 38.5 Å². The quantitative estimate of drug-likeness (QED) is 0.614. The number of likely N-dealkylation sites (tertiary alicyclic amines) is 1. The largest absolute Gasteiger partial charge is 0.375 e. The number of hydrogen-bond acceptors (Lipinski definition) is 2. The van der Waals surface area contributed by atoms with Crippen LogP contribution in [0.2, 0.25) is 0 Å². The van der Waals surface area contributed by atoms with E-state index in [1.807, 2.05) is 6.08 Å². The normalized spacial score (nSPS) is 24.5. The second-order valence-electron chi connectivity index (χ2n) is 4.00. The van der Waals surface area contributed by atoms with Crippen molar-refractivity contribution in [1.82, 2.24) is 4.90 Å². The molecule has 2 rings (SSSR count). The van der Waals surface area contributed by atoms with Crippen molar-refractivity contribution in [2.45, 2.75) is 38.5 Å². The predicted molar refractivity (Wildman–Crippen MR) is 52.4 cm³/mol. The lowest BCUT2D eigenvalue weighted by Gasteiger charge is -2.23. The van der Waals surface area contributed by atoms with Crippen LogP contribution in [-0.4, -0.2) is 23.8 Å². The molecule has 0 spiro atoms. The van der Waals surface area contributed by atoms with Gasteiger partial charge in [0.2, 0.25) is 0 Å². The smallest absolute Gasteiger partial charge is 0.157 e. The van der Waals surface area contributed by atoms with Crippen LogP contribution in [-0.2, 0) is 4.79 Å². The molecule has 0 unspecified atom stereocenters. The number of nitrogens with zero attached hydrogens (tertiary/aromatic N) is 1. The van der Waals surface area contributed by atoms with E-state index in [2.05, 4.69) is 4.90 Å². The van der Waals surface area contributed by atoms with Gasteiger partial charge in [0.25, 0.3) is 0 Å². The van der Waals surface area contributed by atoms with E-state index < -0.39 is 0 Å². The van der Waals surface area contributed by atoms with Crippen LogP contribution >= 0.6 is 0 Å². The van der Waals surface area contributed by atoms with Crippen molar-refractivity contribution >= 4 is 5.78 Å². The number of hydrogen-bond donors (Lipinski definition) is 0. The van der Waals surface area contributed by atoms with Crippen molar-refractivity contribution in [3.63, 3.8) is 0 Å². The van der Waals surface area contributed by atoms with Crippen LogP contribution in [0, 0.1) is 0 Å². The van der Waals surface area contributed by atoms with E-state index >= 15 is 0 Å². The Labute approximate surface area is 79.6 Å². The Morgan fingerprint density at radius 1 is 1.00 bits per heavy atom. The highest BCUT2D eigenvalue weighted by Crippen LogP contribution is 2.22. The van der Waals surface area contributed by atoms with Gasteiger partial charge in [0, 0.05) is 31.3 Å². The van der Waals surface area contributed by atoms with E-state index in [1.54, 1.807) is 0 Å². The van der Waals surface area contributed by atoms with Crippen LogP contribution in [0.5, 0.6) is 0 Å². The highest BCUT2D eigenvalue weighted by Gasteiger charge is 2.18. The predicted octanol–water partition coefficient (Wildman–Crippen LogP) is 2.11. The first kappa shape index (κ1) is 8.79. The average molecular weight is 179 g/mol. The SMILES string of the molecule is O=C1C=C(N2CCCCCC2)CC1. The lowest BCUT2D eigenvalue weighted by Crippen LogP contribution is -2.22. The molecule has 2 aliphatic rings. The maximum absolute atomic E-state index is 11.1. The van der Waals surface area contributed by atoms with Crippen molar-refractivity contribution in [3.8, 4) is 0 Å². The van der Waals surface area contributed by atoms with E-state index in [9.17, 15) is 4.79 Å². The monoisotopic (exact) mass is 179 g/mol. The van der Waals surface area contributed by atoms with Gasteiger partial charge in [-0.3, -0.25) is 4.79 Å². The van der Waals surface area contributed by atoms with E-state index in [4.69, 9.17) is 0 Å². The fourth-order valence-electron chi connectivity index (χ4n) is 2.19. The molecule has 0 aromatic carbocycles. The molecule has 72 valence electrons. The first-order valence-corrected chi connectivity index (χ1v) is 5.34. The van der Waals surface area contributed by atoms with Crippen molar-refractivity contribution < 1.29 is 4.79 Å². The summed E-state index contributed by atoms with van der Waals surface area (Å²) in [4.78, 5) is 13.5. The molecule has 2 heteroatoms. The minimum atomic E-state index is 0.319. The second-order valence-corrected chi connectivity index (χ2v) is 4.00. The summed E-state index contributed by atoms with van der Waals surface area (Å²) in [7, 11) is 0. The third-order valence-corrected chi connectivity index (χ3v) is 2.97. The topological polar surface area (TPSA) is 20.3 Å². The molecule has 0 aromatic rings. The summed E-state index contributed by atoms with van der Waals surface area (Å²) in [6.07, 6.45) is 8.89. The molecule has 1 heterocycles. The third-order valence-electron chi connectivity index (χ3n) is 2.97. The van der Waals surface area contributed by atoms with E-state index in [1.165, 1.54) is 44.5 Å². The number of carbonyl (C=O) groups excluding carboxylic acids is 1. The summed E-state index contributed by atoms with van der Waals surface area (Å²) in [6, 6.07) is 0. The van der Waals surface area contributed by atoms with E-state index in [0.717, 1.165) is 12.8 Å². The summed E-state index contributed by atoms with van der Waals surface area (Å²) in [5.41, 5.74) is 1.30. The third kappa shape index (κ3) is 2.11. The van der Waals surface area contributed by atoms with Crippen LogP contribution in [0.15, 0.2) is 11.8 Å². The highest BCUT2D eigenvalue weighted by molar-refractivity contribution is 5.92. The van der Waals surface area contributed by atoms with Crippen LogP contribution in [0.4, 0.5) is 0 Å². The first-order chi connectivity index (χ1) is 6.36. The lowest BCUT2D eigenvalue weighted by molar-refractivity contribution is -0.114. The van der Waals surface area contributed by atoms with Gasteiger partial charge in [-0.2, -0.15) is 0 Å². The fraction of sp³-hybridized carbons (Fsp3) is 0.727. The molecular weight excluding hydrogens is 162 g/mol. The van der Waals surface area contributed by atoms with Gasteiger partial charge in [0.1, 0.15) is 0 Å². The molecule has 0 aromatic heterocycles. The molecule has 1 fully saturated rings. The zero-order chi connectivity index (χ0) is 9.10. The van der Waals surface area contributed by atoms with Crippen LogP contribution in [0.3, 0.4) is 0 Å². The van der Waals surface area contributed by atoms with Gasteiger partial charge >= 0.3 is 0 Å². The van der Waals surface area contributed by atoms with Crippen molar-refractivity contribution in [3.05, 3.63) is 11.8 Å². The Morgan fingerprint density at radius 3 is 2.23 bits per heavy atom. The maximum Gasteiger partial charge on any atom is 0.157 e. The molecule has 0 radical (unpaired) electrons. The summed E-state index contributed by atoms with van der Waals surface area (Å²) in [6.45, 7) is 2.33.